The minimum absolute atomic E-state index is 0.221. The highest BCUT2D eigenvalue weighted by molar-refractivity contribution is 5.68. The summed E-state index contributed by atoms with van der Waals surface area (Å²) < 4.78 is 11.3. The van der Waals surface area contributed by atoms with Crippen LogP contribution in [0.15, 0.2) is 83.7 Å². The van der Waals surface area contributed by atoms with Gasteiger partial charge in [0.25, 0.3) is 0 Å². The van der Waals surface area contributed by atoms with Gasteiger partial charge in [-0.25, -0.2) is 9.78 Å². The molecular formula is C29H26N2O4. The number of carboxylic acid groups (broad SMARTS) is 1. The van der Waals surface area contributed by atoms with E-state index in [0.717, 1.165) is 47.2 Å². The second-order valence-corrected chi connectivity index (χ2v) is 8.61. The quantitative estimate of drug-likeness (QED) is 0.347. The number of rotatable bonds is 8. The highest BCUT2D eigenvalue weighted by atomic mass is 16.5. The van der Waals surface area contributed by atoms with Gasteiger partial charge in [0.1, 0.15) is 17.7 Å². The van der Waals surface area contributed by atoms with Crippen molar-refractivity contribution in [1.82, 2.24) is 9.97 Å². The number of hydrogen-bond donors (Lipinski definition) is 1. The van der Waals surface area contributed by atoms with Gasteiger partial charge in [0.15, 0.2) is 12.5 Å². The molecule has 6 heteroatoms. The zero-order valence-corrected chi connectivity index (χ0v) is 19.3. The van der Waals surface area contributed by atoms with Crippen molar-refractivity contribution in [1.29, 1.82) is 0 Å². The zero-order valence-electron chi connectivity index (χ0n) is 19.3. The molecule has 0 radical (unpaired) electrons. The molecule has 1 atom stereocenters. The van der Waals surface area contributed by atoms with E-state index in [9.17, 15) is 4.79 Å². The van der Waals surface area contributed by atoms with Crippen LogP contribution in [0.25, 0.3) is 17.2 Å². The molecule has 4 aromatic rings. The molecule has 0 bridgehead atoms. The minimum Gasteiger partial charge on any atom is -0.482 e. The molecule has 0 spiro atoms. The van der Waals surface area contributed by atoms with Crippen LogP contribution < -0.4 is 4.74 Å². The van der Waals surface area contributed by atoms with Gasteiger partial charge in [-0.2, -0.15) is 0 Å². The fourth-order valence-electron chi connectivity index (χ4n) is 4.67. The number of fused-ring (bicyclic) bond motifs is 1. The lowest BCUT2D eigenvalue weighted by Crippen LogP contribution is -2.14. The van der Waals surface area contributed by atoms with Gasteiger partial charge in [-0.15, -0.1) is 0 Å². The molecule has 5 rings (SSSR count). The van der Waals surface area contributed by atoms with Crippen LogP contribution in [0.3, 0.4) is 0 Å². The summed E-state index contributed by atoms with van der Waals surface area (Å²) in [5.74, 6) is 0.576. The van der Waals surface area contributed by atoms with Crippen molar-refractivity contribution in [3.63, 3.8) is 0 Å². The number of aliphatic carboxylic acids is 1. The molecule has 0 fully saturated rings. The Morgan fingerprint density at radius 2 is 2.06 bits per heavy atom. The second-order valence-electron chi connectivity index (χ2n) is 8.61. The summed E-state index contributed by atoms with van der Waals surface area (Å²) in [6.07, 6.45) is 13.0. The van der Waals surface area contributed by atoms with Gasteiger partial charge >= 0.3 is 5.97 Å². The molecule has 6 nitrogen and oxygen atoms in total. The first-order valence-corrected chi connectivity index (χ1v) is 11.7. The number of oxazole rings is 1. The summed E-state index contributed by atoms with van der Waals surface area (Å²) in [5, 5.41) is 8.95. The third-order valence-corrected chi connectivity index (χ3v) is 6.26. The number of nitrogens with zero attached hydrogens (tertiary/aromatic N) is 2. The normalized spacial score (nSPS) is 15.1. The molecule has 1 unspecified atom stereocenters. The number of ether oxygens (including phenoxy) is 1. The van der Waals surface area contributed by atoms with Gasteiger partial charge < -0.3 is 14.3 Å². The van der Waals surface area contributed by atoms with E-state index in [-0.39, 0.29) is 12.5 Å². The van der Waals surface area contributed by atoms with Crippen LogP contribution in [0.2, 0.25) is 0 Å². The predicted molar refractivity (Wildman–Crippen MR) is 133 cm³/mol. The molecule has 0 amide bonds. The number of aromatic nitrogens is 2. The number of carboxylic acids is 1. The molecule has 2 heterocycles. The largest absolute Gasteiger partial charge is 0.482 e. The maximum Gasteiger partial charge on any atom is 0.341 e. The van der Waals surface area contributed by atoms with Crippen molar-refractivity contribution in [2.45, 2.75) is 31.6 Å². The van der Waals surface area contributed by atoms with Crippen molar-refractivity contribution < 1.29 is 19.1 Å². The fraction of sp³-hybridized carbons (Fsp3) is 0.207. The lowest BCUT2D eigenvalue weighted by Gasteiger charge is -2.25. The molecule has 1 aliphatic rings. The standard InChI is InChI=1S/C29H26N2O4/c32-29(33)19-34-27-12-4-10-25-20(7-3-11-26(25)27)13-14-23-18-35-28(31-23)16-21-6-1-2-9-24(21)22-8-5-15-30-17-22/h1-2,4-6,8-10,12-15,17-18,20H,3,7,11,16,19H2,(H,32,33). The Morgan fingerprint density at radius 3 is 2.91 bits per heavy atom. The number of benzene rings is 2. The molecule has 2 aromatic carbocycles. The molecule has 0 aliphatic heterocycles. The fourth-order valence-corrected chi connectivity index (χ4v) is 4.67. The molecule has 176 valence electrons. The minimum atomic E-state index is -0.972. The summed E-state index contributed by atoms with van der Waals surface area (Å²) in [7, 11) is 0. The smallest absolute Gasteiger partial charge is 0.341 e. The maximum absolute atomic E-state index is 10.9. The van der Waals surface area contributed by atoms with E-state index in [4.69, 9.17) is 14.3 Å². The summed E-state index contributed by atoms with van der Waals surface area (Å²) in [6, 6.07) is 18.1. The van der Waals surface area contributed by atoms with E-state index in [1.165, 1.54) is 5.56 Å². The van der Waals surface area contributed by atoms with Crippen molar-refractivity contribution >= 4 is 12.0 Å². The number of pyridine rings is 1. The van der Waals surface area contributed by atoms with Gasteiger partial charge in [-0.3, -0.25) is 4.98 Å². The lowest BCUT2D eigenvalue weighted by atomic mass is 9.82. The molecule has 1 aliphatic carbocycles. The van der Waals surface area contributed by atoms with Crippen LogP contribution in [0.5, 0.6) is 5.75 Å². The predicted octanol–water partition coefficient (Wildman–Crippen LogP) is 5.92. The number of carbonyl (C=O) groups is 1. The topological polar surface area (TPSA) is 85.5 Å². The highest BCUT2D eigenvalue weighted by Gasteiger charge is 2.21. The summed E-state index contributed by atoms with van der Waals surface area (Å²) in [4.78, 5) is 19.8. The lowest BCUT2D eigenvalue weighted by molar-refractivity contribution is -0.139. The number of allylic oxidation sites excluding steroid dienone is 1. The Bertz CT molecular complexity index is 1340. The molecular weight excluding hydrogens is 440 g/mol. The Morgan fingerprint density at radius 1 is 1.14 bits per heavy atom. The Hall–Kier alpha value is -4.19. The van der Waals surface area contributed by atoms with E-state index >= 15 is 0 Å². The third kappa shape index (κ3) is 5.32. The van der Waals surface area contributed by atoms with E-state index < -0.39 is 5.97 Å². The molecule has 1 N–H and O–H groups in total. The molecule has 0 saturated carbocycles. The first-order chi connectivity index (χ1) is 17.2. The zero-order chi connectivity index (χ0) is 24.0. The van der Waals surface area contributed by atoms with Crippen LogP contribution in [-0.2, 0) is 17.6 Å². The van der Waals surface area contributed by atoms with Crippen molar-refractivity contribution in [2.75, 3.05) is 6.61 Å². The average Bonchev–Trinajstić information content (AvgIpc) is 3.34. The molecule has 35 heavy (non-hydrogen) atoms. The van der Waals surface area contributed by atoms with Crippen LogP contribution in [-0.4, -0.2) is 27.7 Å². The van der Waals surface area contributed by atoms with Crippen LogP contribution in [0, 0.1) is 0 Å². The van der Waals surface area contributed by atoms with E-state index in [1.54, 1.807) is 12.5 Å². The van der Waals surface area contributed by atoms with Crippen LogP contribution >= 0.6 is 0 Å². The van der Waals surface area contributed by atoms with Crippen LogP contribution in [0.4, 0.5) is 0 Å². The summed E-state index contributed by atoms with van der Waals surface area (Å²) in [5.41, 5.74) is 6.39. The van der Waals surface area contributed by atoms with Gasteiger partial charge in [0, 0.05) is 30.3 Å². The third-order valence-electron chi connectivity index (χ3n) is 6.26. The van der Waals surface area contributed by atoms with E-state index in [1.807, 2.05) is 42.6 Å². The maximum atomic E-state index is 10.9. The van der Waals surface area contributed by atoms with E-state index in [0.29, 0.717) is 18.1 Å². The van der Waals surface area contributed by atoms with Gasteiger partial charge in [-0.1, -0.05) is 48.5 Å². The Balaban J connectivity index is 1.31. The monoisotopic (exact) mass is 466 g/mol. The second kappa shape index (κ2) is 10.4. The summed E-state index contributed by atoms with van der Waals surface area (Å²) in [6.45, 7) is -0.331. The first kappa shape index (κ1) is 22.6. The van der Waals surface area contributed by atoms with Crippen molar-refractivity contribution in [3.8, 4) is 16.9 Å². The Kier molecular flexibility index (Phi) is 6.70. The first-order valence-electron chi connectivity index (χ1n) is 11.7. The molecule has 0 saturated heterocycles. The highest BCUT2D eigenvalue weighted by Crippen LogP contribution is 2.37. The Labute approximate surface area is 203 Å². The van der Waals surface area contributed by atoms with E-state index in [2.05, 4.69) is 40.3 Å². The van der Waals surface area contributed by atoms with Crippen molar-refractivity contribution in [2.24, 2.45) is 0 Å². The van der Waals surface area contributed by atoms with Gasteiger partial charge in [-0.05, 0) is 59.7 Å². The van der Waals surface area contributed by atoms with Gasteiger partial charge in [0.2, 0.25) is 0 Å². The van der Waals surface area contributed by atoms with Crippen molar-refractivity contribution in [3.05, 3.63) is 108 Å². The SMILES string of the molecule is O=C(O)COc1cccc2c1CCCC2C=Cc1coc(Cc2ccccc2-c2cccnc2)n1. The average molecular weight is 467 g/mol. The van der Waals surface area contributed by atoms with Gasteiger partial charge in [0.05, 0.1) is 0 Å². The number of hydrogen-bond acceptors (Lipinski definition) is 5. The molecule has 2 aromatic heterocycles. The summed E-state index contributed by atoms with van der Waals surface area (Å²) >= 11 is 0. The van der Waals surface area contributed by atoms with Crippen LogP contribution in [0.1, 0.15) is 47.0 Å².